The summed E-state index contributed by atoms with van der Waals surface area (Å²) in [7, 11) is 0. The molecule has 0 saturated heterocycles. The molecule has 2 aliphatic rings. The van der Waals surface area contributed by atoms with E-state index < -0.39 is 5.60 Å². The van der Waals surface area contributed by atoms with Crippen LogP contribution >= 0.6 is 11.3 Å². The predicted molar refractivity (Wildman–Crippen MR) is 122 cm³/mol. The molecule has 4 rings (SSSR count). The van der Waals surface area contributed by atoms with Crippen LogP contribution in [0.25, 0.3) is 10.2 Å². The molecule has 2 aromatic heterocycles. The van der Waals surface area contributed by atoms with E-state index in [1.807, 2.05) is 32.1 Å². The molecular weight excluding hydrogens is 396 g/mol. The van der Waals surface area contributed by atoms with Crippen LogP contribution in [0.3, 0.4) is 0 Å². The van der Waals surface area contributed by atoms with Crippen molar-refractivity contribution < 1.29 is 9.53 Å². The Morgan fingerprint density at radius 2 is 1.87 bits per heavy atom. The molecule has 164 valence electrons. The molecule has 0 aliphatic heterocycles. The van der Waals surface area contributed by atoms with Gasteiger partial charge in [-0.05, 0) is 76.7 Å². The summed E-state index contributed by atoms with van der Waals surface area (Å²) in [6.07, 6.45) is 8.74. The van der Waals surface area contributed by atoms with Gasteiger partial charge in [-0.3, -0.25) is 0 Å². The zero-order valence-corrected chi connectivity index (χ0v) is 19.6. The number of thiophene rings is 1. The van der Waals surface area contributed by atoms with Crippen molar-refractivity contribution in [3.8, 4) is 0 Å². The van der Waals surface area contributed by atoms with Gasteiger partial charge in [-0.2, -0.15) is 0 Å². The molecular formula is C23H34N4O2S. The molecule has 0 radical (unpaired) electrons. The normalized spacial score (nSPS) is 23.6. The van der Waals surface area contributed by atoms with E-state index in [0.29, 0.717) is 11.5 Å². The topological polar surface area (TPSA) is 76.1 Å². The standard InChI is InChI=1S/C23H34N4O2S/c1-22(2,3)29-21(28)27-15-8-6-14(7-9-15)26-19-18-16-12-23(4,5)11-10-17(16)30-20(18)25-13-24-19/h13-15H,6-12H2,1-5H3,(H,27,28)(H,24,25,26)/t14-,15-. The van der Waals surface area contributed by atoms with Gasteiger partial charge >= 0.3 is 6.09 Å². The van der Waals surface area contributed by atoms with Gasteiger partial charge in [0.15, 0.2) is 0 Å². The number of rotatable bonds is 3. The largest absolute Gasteiger partial charge is 0.444 e. The van der Waals surface area contributed by atoms with Crippen LogP contribution in [0.5, 0.6) is 0 Å². The lowest BCUT2D eigenvalue weighted by molar-refractivity contribution is 0.0492. The highest BCUT2D eigenvalue weighted by molar-refractivity contribution is 7.19. The number of aryl methyl sites for hydroxylation is 1. The highest BCUT2D eigenvalue weighted by Crippen LogP contribution is 2.44. The summed E-state index contributed by atoms with van der Waals surface area (Å²) < 4.78 is 5.39. The molecule has 1 saturated carbocycles. The summed E-state index contributed by atoms with van der Waals surface area (Å²) in [6.45, 7) is 10.4. The maximum atomic E-state index is 12.0. The first kappa shape index (κ1) is 21.3. The number of carbonyl (C=O) groups is 1. The number of nitrogens with one attached hydrogen (secondary N) is 2. The number of hydrogen-bond donors (Lipinski definition) is 2. The fourth-order valence-corrected chi connectivity index (χ4v) is 5.76. The van der Waals surface area contributed by atoms with Crippen molar-refractivity contribution in [2.24, 2.45) is 5.41 Å². The van der Waals surface area contributed by atoms with Gasteiger partial charge in [-0.25, -0.2) is 14.8 Å². The number of ether oxygens (including phenoxy) is 1. The van der Waals surface area contributed by atoms with Crippen LogP contribution in [0.1, 0.15) is 77.2 Å². The van der Waals surface area contributed by atoms with Gasteiger partial charge in [-0.1, -0.05) is 13.8 Å². The fraction of sp³-hybridized carbons (Fsp3) is 0.696. The van der Waals surface area contributed by atoms with Crippen molar-refractivity contribution in [1.29, 1.82) is 0 Å². The monoisotopic (exact) mass is 430 g/mol. The highest BCUT2D eigenvalue weighted by Gasteiger charge is 2.31. The Labute approximate surface area is 183 Å². The first-order valence-electron chi connectivity index (χ1n) is 11.1. The lowest BCUT2D eigenvalue weighted by atomic mass is 9.76. The van der Waals surface area contributed by atoms with Crippen LogP contribution in [-0.4, -0.2) is 33.7 Å². The van der Waals surface area contributed by atoms with Gasteiger partial charge in [0.25, 0.3) is 0 Å². The third kappa shape index (κ3) is 4.88. The average molecular weight is 431 g/mol. The summed E-state index contributed by atoms with van der Waals surface area (Å²) in [4.78, 5) is 23.8. The highest BCUT2D eigenvalue weighted by atomic mass is 32.1. The van der Waals surface area contributed by atoms with Crippen molar-refractivity contribution in [2.45, 2.75) is 97.2 Å². The molecule has 0 aromatic carbocycles. The van der Waals surface area contributed by atoms with Crippen molar-refractivity contribution in [3.05, 3.63) is 16.8 Å². The number of nitrogens with zero attached hydrogens (tertiary/aromatic N) is 2. The molecule has 1 amide bonds. The number of alkyl carbamates (subject to hydrolysis) is 1. The van der Waals surface area contributed by atoms with Crippen LogP contribution in [0.4, 0.5) is 10.6 Å². The van der Waals surface area contributed by atoms with Gasteiger partial charge in [0.2, 0.25) is 0 Å². The minimum absolute atomic E-state index is 0.179. The van der Waals surface area contributed by atoms with Gasteiger partial charge in [0, 0.05) is 17.0 Å². The smallest absolute Gasteiger partial charge is 0.407 e. The van der Waals surface area contributed by atoms with Crippen LogP contribution in [0.15, 0.2) is 6.33 Å². The van der Waals surface area contributed by atoms with Crippen molar-refractivity contribution in [3.63, 3.8) is 0 Å². The molecule has 1 fully saturated rings. The molecule has 2 heterocycles. The number of aromatic nitrogens is 2. The predicted octanol–water partition coefficient (Wildman–Crippen LogP) is 5.45. The molecule has 30 heavy (non-hydrogen) atoms. The van der Waals surface area contributed by atoms with E-state index in [-0.39, 0.29) is 12.1 Å². The number of anilines is 1. The van der Waals surface area contributed by atoms with Crippen LogP contribution < -0.4 is 10.6 Å². The number of fused-ring (bicyclic) bond motifs is 3. The molecule has 2 aromatic rings. The molecule has 2 N–H and O–H groups in total. The maximum Gasteiger partial charge on any atom is 0.407 e. The van der Waals surface area contributed by atoms with Crippen LogP contribution in [0.2, 0.25) is 0 Å². The summed E-state index contributed by atoms with van der Waals surface area (Å²) in [5.41, 5.74) is 1.32. The minimum atomic E-state index is -0.463. The zero-order valence-electron chi connectivity index (χ0n) is 18.8. The molecule has 0 unspecified atom stereocenters. The Balaban J connectivity index is 1.41. The summed E-state index contributed by atoms with van der Waals surface area (Å²) in [6, 6.07) is 0.546. The lowest BCUT2D eigenvalue weighted by Gasteiger charge is -2.31. The van der Waals surface area contributed by atoms with E-state index in [1.165, 1.54) is 22.2 Å². The zero-order chi connectivity index (χ0) is 21.5. The van der Waals surface area contributed by atoms with Gasteiger partial charge in [0.1, 0.15) is 22.6 Å². The summed E-state index contributed by atoms with van der Waals surface area (Å²) >= 11 is 1.84. The third-order valence-corrected chi connectivity index (χ3v) is 7.34. The Morgan fingerprint density at radius 3 is 2.57 bits per heavy atom. The van der Waals surface area contributed by atoms with Gasteiger partial charge in [0.05, 0.1) is 5.39 Å². The summed E-state index contributed by atoms with van der Waals surface area (Å²) in [5, 5.41) is 7.97. The molecule has 6 nitrogen and oxygen atoms in total. The third-order valence-electron chi connectivity index (χ3n) is 6.14. The molecule has 2 aliphatic carbocycles. The Kier molecular flexibility index (Phi) is 5.68. The molecule has 0 bridgehead atoms. The second-order valence-electron chi connectivity index (χ2n) is 10.6. The number of amides is 1. The first-order valence-corrected chi connectivity index (χ1v) is 11.9. The lowest BCUT2D eigenvalue weighted by Crippen LogP contribution is -2.42. The van der Waals surface area contributed by atoms with Crippen molar-refractivity contribution >= 4 is 33.5 Å². The summed E-state index contributed by atoms with van der Waals surface area (Å²) in [5.74, 6) is 0.985. The second kappa shape index (κ2) is 7.98. The molecule has 0 spiro atoms. The maximum absolute atomic E-state index is 12.0. The fourth-order valence-electron chi connectivity index (χ4n) is 4.60. The average Bonchev–Trinajstić information content (AvgIpc) is 2.99. The SMILES string of the molecule is CC1(C)CCc2sc3ncnc(N[C@H]4CC[C@H](NC(=O)OC(C)(C)C)CC4)c3c2C1. The van der Waals surface area contributed by atoms with E-state index in [0.717, 1.165) is 49.2 Å². The van der Waals surface area contributed by atoms with Crippen LogP contribution in [0, 0.1) is 5.41 Å². The minimum Gasteiger partial charge on any atom is -0.444 e. The van der Waals surface area contributed by atoms with Crippen LogP contribution in [-0.2, 0) is 17.6 Å². The van der Waals surface area contributed by atoms with E-state index in [9.17, 15) is 4.79 Å². The second-order valence-corrected chi connectivity index (χ2v) is 11.7. The van der Waals surface area contributed by atoms with Crippen molar-refractivity contribution in [1.82, 2.24) is 15.3 Å². The van der Waals surface area contributed by atoms with E-state index >= 15 is 0 Å². The van der Waals surface area contributed by atoms with Crippen molar-refractivity contribution in [2.75, 3.05) is 5.32 Å². The Hall–Kier alpha value is -1.89. The molecule has 7 heteroatoms. The van der Waals surface area contributed by atoms with Gasteiger partial charge in [-0.15, -0.1) is 11.3 Å². The Bertz CT molecular complexity index is 923. The van der Waals surface area contributed by atoms with Gasteiger partial charge < -0.3 is 15.4 Å². The number of hydrogen-bond acceptors (Lipinski definition) is 6. The quantitative estimate of drug-likeness (QED) is 0.677. The van der Waals surface area contributed by atoms with E-state index in [4.69, 9.17) is 4.74 Å². The van der Waals surface area contributed by atoms with E-state index in [2.05, 4.69) is 34.4 Å². The first-order chi connectivity index (χ1) is 14.1. The Morgan fingerprint density at radius 1 is 1.17 bits per heavy atom. The molecule has 0 atom stereocenters. The van der Waals surface area contributed by atoms with E-state index in [1.54, 1.807) is 6.33 Å². The number of carbonyl (C=O) groups excluding carboxylic acids is 1.